The Morgan fingerprint density at radius 1 is 0.970 bits per heavy atom. The number of carbonyl (C=O) groups excluding carboxylic acids is 2. The van der Waals surface area contributed by atoms with E-state index in [0.717, 1.165) is 11.1 Å². The molecule has 9 nitrogen and oxygen atoms in total. The summed E-state index contributed by atoms with van der Waals surface area (Å²) in [7, 11) is 1.26. The third-order valence-corrected chi connectivity index (χ3v) is 4.59. The van der Waals surface area contributed by atoms with Crippen molar-refractivity contribution in [3.63, 3.8) is 0 Å². The zero-order valence-corrected chi connectivity index (χ0v) is 19.5. The van der Waals surface area contributed by atoms with Crippen molar-refractivity contribution in [2.45, 2.75) is 58.2 Å². The van der Waals surface area contributed by atoms with E-state index in [1.54, 1.807) is 76.2 Å². The van der Waals surface area contributed by atoms with E-state index in [-0.39, 0.29) is 11.3 Å². The molecule has 0 saturated heterocycles. The van der Waals surface area contributed by atoms with Crippen LogP contribution in [0.4, 0.5) is 4.79 Å². The highest BCUT2D eigenvalue weighted by molar-refractivity contribution is 5.81. The van der Waals surface area contributed by atoms with Gasteiger partial charge in [-0.2, -0.15) is 0 Å². The maximum Gasteiger partial charge on any atom is 0.408 e. The molecule has 0 saturated carbocycles. The summed E-state index contributed by atoms with van der Waals surface area (Å²) in [6.45, 7) is 6.77. The summed E-state index contributed by atoms with van der Waals surface area (Å²) in [5, 5.41) is 13.3. The number of amides is 1. The summed E-state index contributed by atoms with van der Waals surface area (Å²) in [5.41, 5.74) is 0.957. The van der Waals surface area contributed by atoms with Crippen LogP contribution in [0.3, 0.4) is 0 Å². The molecule has 0 aliphatic rings. The van der Waals surface area contributed by atoms with Crippen molar-refractivity contribution in [1.82, 2.24) is 5.32 Å². The Kier molecular flexibility index (Phi) is 8.78. The predicted molar refractivity (Wildman–Crippen MR) is 122 cm³/mol. The van der Waals surface area contributed by atoms with Crippen LogP contribution in [0.15, 0.2) is 48.5 Å². The molecule has 178 valence electrons. The first kappa shape index (κ1) is 25.6. The van der Waals surface area contributed by atoms with Crippen molar-refractivity contribution in [2.24, 2.45) is 0 Å². The van der Waals surface area contributed by atoms with Crippen LogP contribution >= 0.6 is 0 Å². The Labute approximate surface area is 193 Å². The second-order valence-electron chi connectivity index (χ2n) is 8.65. The second-order valence-corrected chi connectivity index (χ2v) is 8.65. The van der Waals surface area contributed by atoms with E-state index in [2.05, 4.69) is 5.32 Å². The molecule has 0 aliphatic heterocycles. The first-order valence-corrected chi connectivity index (χ1v) is 10.5. The maximum atomic E-state index is 12.1. The van der Waals surface area contributed by atoms with Crippen molar-refractivity contribution < 1.29 is 28.7 Å². The average molecular weight is 459 g/mol. The van der Waals surface area contributed by atoms with Gasteiger partial charge in [0.1, 0.15) is 23.1 Å². The highest BCUT2D eigenvalue weighted by Gasteiger charge is 2.25. The number of hydrogen-bond acceptors (Lipinski definition) is 7. The van der Waals surface area contributed by atoms with E-state index >= 15 is 0 Å². The normalized spacial score (nSPS) is 12.9. The zero-order chi connectivity index (χ0) is 24.6. The average Bonchev–Trinajstić information content (AvgIpc) is 2.74. The van der Waals surface area contributed by atoms with Crippen LogP contribution in [0, 0.1) is 10.1 Å². The van der Waals surface area contributed by atoms with Crippen LogP contribution in [0.1, 0.15) is 38.8 Å². The number of methoxy groups -OCH3 is 1. The number of benzene rings is 2. The molecule has 2 atom stereocenters. The molecule has 2 aromatic rings. The van der Waals surface area contributed by atoms with E-state index in [9.17, 15) is 19.7 Å². The van der Waals surface area contributed by atoms with Gasteiger partial charge in [-0.05, 0) is 56.2 Å². The second kappa shape index (κ2) is 11.3. The predicted octanol–water partition coefficient (Wildman–Crippen LogP) is 4.30. The zero-order valence-electron chi connectivity index (χ0n) is 19.5. The third kappa shape index (κ3) is 8.80. The molecule has 0 heterocycles. The number of rotatable bonds is 9. The van der Waals surface area contributed by atoms with Crippen LogP contribution < -0.4 is 10.1 Å². The molecule has 0 spiro atoms. The van der Waals surface area contributed by atoms with E-state index in [1.165, 1.54) is 7.11 Å². The highest BCUT2D eigenvalue weighted by atomic mass is 16.6. The molecule has 1 amide bonds. The fourth-order valence-corrected chi connectivity index (χ4v) is 2.96. The van der Waals surface area contributed by atoms with Crippen molar-refractivity contribution in [3.8, 4) is 11.5 Å². The smallest absolute Gasteiger partial charge is 0.408 e. The summed E-state index contributed by atoms with van der Waals surface area (Å²) in [6, 6.07) is 12.6. The van der Waals surface area contributed by atoms with Gasteiger partial charge in [-0.1, -0.05) is 24.3 Å². The lowest BCUT2D eigenvalue weighted by molar-refractivity contribution is -0.517. The number of ether oxygens (including phenoxy) is 3. The molecule has 1 unspecified atom stereocenters. The molecule has 0 radical (unpaired) electrons. The minimum Gasteiger partial charge on any atom is -0.467 e. The van der Waals surface area contributed by atoms with E-state index < -0.39 is 29.7 Å². The summed E-state index contributed by atoms with van der Waals surface area (Å²) < 4.78 is 15.8. The standard InChI is InChI=1S/C24H30N2O7/c1-16(26(29)30)14-17-6-10-19(11-7-17)32-20-12-8-18(9-13-20)15-21(22(27)31-5)25-23(28)33-24(2,3)4/h6-13,16,21H,14-15H2,1-5H3,(H,25,28)/t16?,21-/m0/s1. The molecule has 2 aromatic carbocycles. The lowest BCUT2D eigenvalue weighted by atomic mass is 10.1. The molecule has 33 heavy (non-hydrogen) atoms. The van der Waals surface area contributed by atoms with Gasteiger partial charge in [-0.15, -0.1) is 0 Å². The fourth-order valence-electron chi connectivity index (χ4n) is 2.96. The van der Waals surface area contributed by atoms with E-state index in [4.69, 9.17) is 14.2 Å². The molecule has 1 N–H and O–H groups in total. The van der Waals surface area contributed by atoms with Crippen molar-refractivity contribution in [1.29, 1.82) is 0 Å². The molecule has 9 heteroatoms. The van der Waals surface area contributed by atoms with E-state index in [0.29, 0.717) is 17.9 Å². The monoisotopic (exact) mass is 458 g/mol. The fraction of sp³-hybridized carbons (Fsp3) is 0.417. The van der Waals surface area contributed by atoms with Gasteiger partial charge in [0.05, 0.1) is 7.11 Å². The topological polar surface area (TPSA) is 117 Å². The Morgan fingerprint density at radius 3 is 1.88 bits per heavy atom. The summed E-state index contributed by atoms with van der Waals surface area (Å²) in [6.07, 6.45) is -0.134. The quantitative estimate of drug-likeness (QED) is 0.338. The largest absolute Gasteiger partial charge is 0.467 e. The molecule has 0 aromatic heterocycles. The van der Waals surface area contributed by atoms with Gasteiger partial charge in [0, 0.05) is 24.7 Å². The number of nitrogens with one attached hydrogen (secondary N) is 1. The Hall–Kier alpha value is -3.62. The number of carbonyl (C=O) groups is 2. The number of alkyl carbamates (subject to hydrolysis) is 1. The van der Waals surface area contributed by atoms with Gasteiger partial charge in [0.25, 0.3) is 0 Å². The first-order chi connectivity index (χ1) is 15.5. The minimum atomic E-state index is -0.897. The Balaban J connectivity index is 1.99. The number of esters is 1. The highest BCUT2D eigenvalue weighted by Crippen LogP contribution is 2.23. The van der Waals surface area contributed by atoms with Gasteiger partial charge >= 0.3 is 12.1 Å². The lowest BCUT2D eigenvalue weighted by Crippen LogP contribution is -2.45. The van der Waals surface area contributed by atoms with Gasteiger partial charge in [0.15, 0.2) is 0 Å². The molecular formula is C24H30N2O7. The Morgan fingerprint density at radius 2 is 1.45 bits per heavy atom. The number of nitrogens with zero attached hydrogens (tertiary/aromatic N) is 1. The summed E-state index contributed by atoms with van der Waals surface area (Å²) in [5.74, 6) is 0.604. The van der Waals surface area contributed by atoms with Crippen LogP contribution in [0.5, 0.6) is 11.5 Å². The molecule has 0 fully saturated rings. The summed E-state index contributed by atoms with van der Waals surface area (Å²) in [4.78, 5) is 34.7. The van der Waals surface area contributed by atoms with Crippen LogP contribution in [0.2, 0.25) is 0 Å². The molecular weight excluding hydrogens is 428 g/mol. The van der Waals surface area contributed by atoms with Crippen molar-refractivity contribution in [2.75, 3.05) is 7.11 Å². The number of nitro groups is 1. The van der Waals surface area contributed by atoms with Gasteiger partial charge in [-0.3, -0.25) is 10.1 Å². The van der Waals surface area contributed by atoms with Gasteiger partial charge in [-0.25, -0.2) is 9.59 Å². The van der Waals surface area contributed by atoms with E-state index in [1.807, 2.05) is 0 Å². The number of hydrogen-bond donors (Lipinski definition) is 1. The lowest BCUT2D eigenvalue weighted by Gasteiger charge is -2.22. The molecule has 0 aliphatic carbocycles. The van der Waals surface area contributed by atoms with Crippen LogP contribution in [0.25, 0.3) is 0 Å². The maximum absolute atomic E-state index is 12.1. The SMILES string of the molecule is COC(=O)[C@H](Cc1ccc(Oc2ccc(CC(C)[N+](=O)[O-])cc2)cc1)NC(=O)OC(C)(C)C. The van der Waals surface area contributed by atoms with Crippen LogP contribution in [-0.2, 0) is 27.1 Å². The first-order valence-electron chi connectivity index (χ1n) is 10.5. The Bertz CT molecular complexity index is 950. The van der Waals surface area contributed by atoms with Gasteiger partial charge < -0.3 is 19.5 Å². The molecule has 2 rings (SSSR count). The summed E-state index contributed by atoms with van der Waals surface area (Å²) >= 11 is 0. The van der Waals surface area contributed by atoms with Crippen molar-refractivity contribution >= 4 is 12.1 Å². The van der Waals surface area contributed by atoms with Crippen molar-refractivity contribution in [3.05, 3.63) is 69.8 Å². The molecule has 0 bridgehead atoms. The van der Waals surface area contributed by atoms with Gasteiger partial charge in [0.2, 0.25) is 6.04 Å². The van der Waals surface area contributed by atoms with Crippen LogP contribution in [-0.4, -0.2) is 41.8 Å². The minimum absolute atomic E-state index is 0.218. The third-order valence-electron chi connectivity index (χ3n) is 4.59.